The van der Waals surface area contributed by atoms with Crippen LogP contribution in [0.2, 0.25) is 0 Å². The highest BCUT2D eigenvalue weighted by Crippen LogP contribution is 2.14. The molecular weight excluding hydrogens is 608 g/mol. The van der Waals surface area contributed by atoms with E-state index in [2.05, 4.69) is 0 Å². The van der Waals surface area contributed by atoms with Gasteiger partial charge in [-0.1, -0.05) is 72.8 Å². The van der Waals surface area contributed by atoms with Crippen molar-refractivity contribution < 1.29 is 52.2 Å². The molecule has 0 aliphatic carbocycles. The quantitative estimate of drug-likeness (QED) is 0.0788. The standard InChI is InChI=1S/C36H38O11/c37-35(46-33(25-42-29-13-5-1-6-14-29)26-43-30-15-7-2-8-16-30)40-23-21-39-22-24-41-36(38)47-34(27-44-31-17-9-3-10-18-31)28-45-32-19-11-4-12-20-32/h1-20,33-34H,21-28H2. The van der Waals surface area contributed by atoms with Gasteiger partial charge in [-0.2, -0.15) is 0 Å². The molecule has 11 heteroatoms. The second kappa shape index (κ2) is 20.6. The summed E-state index contributed by atoms with van der Waals surface area (Å²) in [6.07, 6.45) is -3.26. The minimum atomic E-state index is -0.895. The summed E-state index contributed by atoms with van der Waals surface area (Å²) in [7, 11) is 0. The van der Waals surface area contributed by atoms with E-state index in [0.29, 0.717) is 23.0 Å². The molecule has 0 saturated carbocycles. The fourth-order valence-corrected chi connectivity index (χ4v) is 3.87. The number of ether oxygens (including phenoxy) is 9. The van der Waals surface area contributed by atoms with E-state index in [4.69, 9.17) is 42.6 Å². The molecule has 0 aliphatic heterocycles. The molecule has 0 saturated heterocycles. The van der Waals surface area contributed by atoms with Crippen LogP contribution in [0.15, 0.2) is 121 Å². The van der Waals surface area contributed by atoms with Gasteiger partial charge in [-0.05, 0) is 48.5 Å². The van der Waals surface area contributed by atoms with Gasteiger partial charge in [0.15, 0.2) is 12.2 Å². The summed E-state index contributed by atoms with van der Waals surface area (Å²) in [5.41, 5.74) is 0. The van der Waals surface area contributed by atoms with Crippen LogP contribution >= 0.6 is 0 Å². The number of hydrogen-bond acceptors (Lipinski definition) is 11. The number of para-hydroxylation sites is 4. The first-order valence-electron chi connectivity index (χ1n) is 15.1. The molecule has 0 fully saturated rings. The Morgan fingerprint density at radius 1 is 0.404 bits per heavy atom. The molecule has 0 aromatic heterocycles. The molecule has 0 heterocycles. The minimum absolute atomic E-state index is 0.0532. The Morgan fingerprint density at radius 2 is 0.681 bits per heavy atom. The molecule has 0 radical (unpaired) electrons. The first kappa shape index (κ1) is 34.5. The molecule has 0 bridgehead atoms. The van der Waals surface area contributed by atoms with Crippen LogP contribution < -0.4 is 18.9 Å². The van der Waals surface area contributed by atoms with Crippen molar-refractivity contribution in [3.05, 3.63) is 121 Å². The molecule has 0 amide bonds. The summed E-state index contributed by atoms with van der Waals surface area (Å²) in [5, 5.41) is 0. The van der Waals surface area contributed by atoms with Gasteiger partial charge in [-0.25, -0.2) is 9.59 Å². The first-order valence-corrected chi connectivity index (χ1v) is 15.1. The molecule has 0 N–H and O–H groups in total. The van der Waals surface area contributed by atoms with Crippen molar-refractivity contribution in [3.63, 3.8) is 0 Å². The van der Waals surface area contributed by atoms with E-state index in [1.807, 2.05) is 72.8 Å². The van der Waals surface area contributed by atoms with Crippen molar-refractivity contribution in [2.75, 3.05) is 52.9 Å². The molecule has 4 rings (SSSR count). The number of rotatable bonds is 20. The first-order chi connectivity index (χ1) is 23.1. The summed E-state index contributed by atoms with van der Waals surface area (Å²) in [6, 6.07) is 36.6. The van der Waals surface area contributed by atoms with E-state index >= 15 is 0 Å². The molecule has 0 spiro atoms. The summed E-state index contributed by atoms with van der Waals surface area (Å²) in [4.78, 5) is 24.7. The van der Waals surface area contributed by atoms with Gasteiger partial charge < -0.3 is 42.6 Å². The Labute approximate surface area is 273 Å². The molecule has 4 aromatic rings. The molecule has 0 aliphatic rings. The summed E-state index contributed by atoms with van der Waals surface area (Å²) in [6.45, 7) is 0.201. The van der Waals surface area contributed by atoms with Crippen LogP contribution in [-0.4, -0.2) is 77.4 Å². The largest absolute Gasteiger partial charge is 0.508 e. The Morgan fingerprint density at radius 3 is 0.957 bits per heavy atom. The minimum Gasteiger partial charge on any atom is -0.490 e. The van der Waals surface area contributed by atoms with Crippen LogP contribution in [0.4, 0.5) is 9.59 Å². The van der Waals surface area contributed by atoms with Crippen molar-refractivity contribution >= 4 is 12.3 Å². The molecule has 0 atom stereocenters. The predicted octanol–water partition coefficient (Wildman–Crippen LogP) is 6.36. The van der Waals surface area contributed by atoms with Crippen molar-refractivity contribution in [1.82, 2.24) is 0 Å². The zero-order valence-corrected chi connectivity index (χ0v) is 25.8. The highest BCUT2D eigenvalue weighted by Gasteiger charge is 2.19. The number of hydrogen-bond donors (Lipinski definition) is 0. The van der Waals surface area contributed by atoms with Gasteiger partial charge in [0.2, 0.25) is 0 Å². The Kier molecular flexibility index (Phi) is 15.1. The third-order valence-corrected chi connectivity index (χ3v) is 6.14. The number of carbonyl (C=O) groups is 2. The van der Waals surface area contributed by atoms with Crippen LogP contribution in [0.25, 0.3) is 0 Å². The summed E-state index contributed by atoms with van der Waals surface area (Å²) < 4.78 is 49.4. The lowest BCUT2D eigenvalue weighted by molar-refractivity contribution is -0.0307. The number of carbonyl (C=O) groups excluding carboxylic acids is 2. The Bertz CT molecular complexity index is 1210. The van der Waals surface area contributed by atoms with Crippen molar-refractivity contribution in [2.24, 2.45) is 0 Å². The normalized spacial score (nSPS) is 10.6. The topological polar surface area (TPSA) is 117 Å². The van der Waals surface area contributed by atoms with Gasteiger partial charge in [0.1, 0.15) is 62.6 Å². The molecule has 47 heavy (non-hydrogen) atoms. The maximum absolute atomic E-state index is 12.3. The maximum atomic E-state index is 12.3. The van der Waals surface area contributed by atoms with E-state index in [9.17, 15) is 9.59 Å². The second-order valence-electron chi connectivity index (χ2n) is 9.79. The van der Waals surface area contributed by atoms with Gasteiger partial charge in [-0.15, -0.1) is 0 Å². The lowest BCUT2D eigenvalue weighted by atomic mass is 10.3. The van der Waals surface area contributed by atoms with Crippen LogP contribution in [0, 0.1) is 0 Å². The van der Waals surface area contributed by atoms with Gasteiger partial charge in [-0.3, -0.25) is 0 Å². The molecule has 0 unspecified atom stereocenters. The van der Waals surface area contributed by atoms with Crippen molar-refractivity contribution in [2.45, 2.75) is 12.2 Å². The monoisotopic (exact) mass is 646 g/mol. The van der Waals surface area contributed by atoms with E-state index in [0.717, 1.165) is 0 Å². The average molecular weight is 647 g/mol. The summed E-state index contributed by atoms with van der Waals surface area (Å²) in [5.74, 6) is 2.52. The van der Waals surface area contributed by atoms with Gasteiger partial charge >= 0.3 is 12.3 Å². The maximum Gasteiger partial charge on any atom is 0.508 e. The van der Waals surface area contributed by atoms with Gasteiger partial charge in [0.05, 0.1) is 13.2 Å². The SMILES string of the molecule is O=C(OCCOCCOC(=O)OC(COc1ccccc1)COc1ccccc1)OC(COc1ccccc1)COc1ccccc1. The lowest BCUT2D eigenvalue weighted by Crippen LogP contribution is -2.32. The fourth-order valence-electron chi connectivity index (χ4n) is 3.87. The molecular formula is C36H38O11. The van der Waals surface area contributed by atoms with E-state index in [1.54, 1.807) is 48.5 Å². The van der Waals surface area contributed by atoms with Crippen LogP contribution in [0.3, 0.4) is 0 Å². The zero-order valence-electron chi connectivity index (χ0n) is 25.8. The molecule has 11 nitrogen and oxygen atoms in total. The van der Waals surface area contributed by atoms with Crippen LogP contribution in [0.5, 0.6) is 23.0 Å². The fraction of sp³-hybridized carbons (Fsp3) is 0.278. The smallest absolute Gasteiger partial charge is 0.490 e. The Hall–Kier alpha value is -5.42. The van der Waals surface area contributed by atoms with Gasteiger partial charge in [0, 0.05) is 0 Å². The lowest BCUT2D eigenvalue weighted by Gasteiger charge is -2.19. The van der Waals surface area contributed by atoms with E-state index in [-0.39, 0.29) is 52.9 Å². The zero-order chi connectivity index (χ0) is 32.8. The third kappa shape index (κ3) is 14.5. The van der Waals surface area contributed by atoms with Crippen molar-refractivity contribution in [3.8, 4) is 23.0 Å². The predicted molar refractivity (Wildman–Crippen MR) is 171 cm³/mol. The second-order valence-corrected chi connectivity index (χ2v) is 9.79. The van der Waals surface area contributed by atoms with Crippen LogP contribution in [0.1, 0.15) is 0 Å². The van der Waals surface area contributed by atoms with Crippen LogP contribution in [-0.2, 0) is 23.7 Å². The summed E-state index contributed by atoms with van der Waals surface area (Å²) >= 11 is 0. The molecule has 4 aromatic carbocycles. The Balaban J connectivity index is 1.11. The van der Waals surface area contributed by atoms with Crippen molar-refractivity contribution in [1.29, 1.82) is 0 Å². The van der Waals surface area contributed by atoms with E-state index < -0.39 is 24.5 Å². The van der Waals surface area contributed by atoms with E-state index in [1.165, 1.54) is 0 Å². The van der Waals surface area contributed by atoms with Gasteiger partial charge in [0.25, 0.3) is 0 Å². The number of benzene rings is 4. The highest BCUT2D eigenvalue weighted by molar-refractivity contribution is 5.60. The average Bonchev–Trinajstić information content (AvgIpc) is 3.12. The molecule has 248 valence electrons. The highest BCUT2D eigenvalue weighted by atomic mass is 16.7. The third-order valence-electron chi connectivity index (χ3n) is 6.14.